The Morgan fingerprint density at radius 3 is 2.41 bits per heavy atom. The van der Waals surface area contributed by atoms with Gasteiger partial charge in [-0.05, 0) is 55.0 Å². The van der Waals surface area contributed by atoms with Crippen molar-refractivity contribution >= 4 is 5.91 Å². The Kier molecular flexibility index (Phi) is 5.83. The summed E-state index contributed by atoms with van der Waals surface area (Å²) < 4.78 is 0. The summed E-state index contributed by atoms with van der Waals surface area (Å²) in [5.41, 5.74) is 3.72. The average Bonchev–Trinajstić information content (AvgIpc) is 3.15. The number of likely N-dealkylation sites (tertiary alicyclic amines) is 1. The fraction of sp³-hybridized carbons (Fsp3) is 0.478. The summed E-state index contributed by atoms with van der Waals surface area (Å²) in [4.78, 5) is 21.1. The highest BCUT2D eigenvalue weighted by molar-refractivity contribution is 5.93. The molecule has 0 saturated carbocycles. The molecule has 2 aromatic rings. The van der Waals surface area contributed by atoms with Crippen LogP contribution in [0.1, 0.15) is 53.6 Å². The Bertz CT molecular complexity index is 728. The molecule has 0 N–H and O–H groups in total. The van der Waals surface area contributed by atoms with Gasteiger partial charge in [-0.1, -0.05) is 37.1 Å². The number of hydrogen-bond donors (Lipinski definition) is 0. The van der Waals surface area contributed by atoms with E-state index in [1.807, 2.05) is 17.0 Å². The van der Waals surface area contributed by atoms with Gasteiger partial charge in [0.2, 0.25) is 0 Å². The Morgan fingerprint density at radius 2 is 1.74 bits per heavy atom. The predicted octanol–water partition coefficient (Wildman–Crippen LogP) is 4.12. The lowest BCUT2D eigenvalue weighted by Gasteiger charge is -2.32. The van der Waals surface area contributed by atoms with Crippen molar-refractivity contribution in [2.75, 3.05) is 19.6 Å². The lowest BCUT2D eigenvalue weighted by Crippen LogP contribution is -2.38. The van der Waals surface area contributed by atoms with Crippen molar-refractivity contribution in [2.24, 2.45) is 5.92 Å². The Labute approximate surface area is 162 Å². The van der Waals surface area contributed by atoms with Gasteiger partial charge in [-0.25, -0.2) is 0 Å². The smallest absolute Gasteiger partial charge is 0.255 e. The van der Waals surface area contributed by atoms with Crippen molar-refractivity contribution in [1.82, 2.24) is 14.8 Å². The van der Waals surface area contributed by atoms with Crippen molar-refractivity contribution in [2.45, 2.75) is 45.2 Å². The van der Waals surface area contributed by atoms with Crippen LogP contribution in [0, 0.1) is 5.92 Å². The predicted molar refractivity (Wildman–Crippen MR) is 107 cm³/mol. The van der Waals surface area contributed by atoms with Crippen LogP contribution in [0.25, 0.3) is 0 Å². The second-order valence-electron chi connectivity index (χ2n) is 7.95. The molecule has 2 aliphatic rings. The minimum Gasteiger partial charge on any atom is -0.339 e. The molecular weight excluding hydrogens is 334 g/mol. The van der Waals surface area contributed by atoms with Crippen LogP contribution < -0.4 is 0 Å². The minimum absolute atomic E-state index is 0.134. The molecule has 0 unspecified atom stereocenters. The Morgan fingerprint density at radius 1 is 1.00 bits per heavy atom. The van der Waals surface area contributed by atoms with Crippen molar-refractivity contribution in [1.29, 1.82) is 0 Å². The number of benzene rings is 1. The number of pyridine rings is 1. The summed E-state index contributed by atoms with van der Waals surface area (Å²) >= 11 is 0. The Hall–Kier alpha value is -2.20. The van der Waals surface area contributed by atoms with E-state index < -0.39 is 0 Å². The fourth-order valence-corrected chi connectivity index (χ4v) is 4.43. The quantitative estimate of drug-likeness (QED) is 0.725. The zero-order valence-electron chi connectivity index (χ0n) is 16.0. The molecule has 0 spiro atoms. The van der Waals surface area contributed by atoms with Gasteiger partial charge < -0.3 is 4.90 Å². The van der Waals surface area contributed by atoms with Gasteiger partial charge in [0.1, 0.15) is 0 Å². The van der Waals surface area contributed by atoms with E-state index in [9.17, 15) is 4.79 Å². The van der Waals surface area contributed by atoms with Crippen LogP contribution in [0.4, 0.5) is 0 Å². The molecule has 1 aromatic heterocycles. The van der Waals surface area contributed by atoms with Crippen LogP contribution in [0.2, 0.25) is 0 Å². The van der Waals surface area contributed by atoms with Crippen LogP contribution in [-0.4, -0.2) is 40.3 Å². The van der Waals surface area contributed by atoms with Gasteiger partial charge in [-0.15, -0.1) is 0 Å². The fourth-order valence-electron chi connectivity index (χ4n) is 4.43. The van der Waals surface area contributed by atoms with Crippen LogP contribution in [0.15, 0.2) is 48.8 Å². The maximum atomic E-state index is 12.5. The molecule has 142 valence electrons. The molecule has 1 amide bonds. The first-order valence-electron chi connectivity index (χ1n) is 10.3. The molecule has 0 aliphatic carbocycles. The molecule has 1 fully saturated rings. The second kappa shape index (κ2) is 8.66. The highest BCUT2D eigenvalue weighted by atomic mass is 16.2. The highest BCUT2D eigenvalue weighted by Gasteiger charge is 2.23. The molecule has 2 aliphatic heterocycles. The van der Waals surface area contributed by atoms with Gasteiger partial charge in [0, 0.05) is 38.6 Å². The van der Waals surface area contributed by atoms with Crippen molar-refractivity contribution < 1.29 is 4.79 Å². The summed E-state index contributed by atoms with van der Waals surface area (Å²) in [7, 11) is 0. The normalized spacial score (nSPS) is 17.9. The molecule has 4 rings (SSSR count). The number of piperidine rings is 1. The number of carbonyl (C=O) groups excluding carboxylic acids is 1. The zero-order valence-corrected chi connectivity index (χ0v) is 16.0. The van der Waals surface area contributed by atoms with Gasteiger partial charge in [0.05, 0.1) is 5.56 Å². The lowest BCUT2D eigenvalue weighted by atomic mass is 9.91. The first-order valence-corrected chi connectivity index (χ1v) is 10.3. The third kappa shape index (κ3) is 4.56. The van der Waals surface area contributed by atoms with E-state index in [1.165, 1.54) is 36.9 Å². The van der Waals surface area contributed by atoms with E-state index in [1.54, 1.807) is 12.4 Å². The summed E-state index contributed by atoms with van der Waals surface area (Å²) in [6.07, 6.45) is 9.55. The number of nitrogens with zero attached hydrogens (tertiary/aromatic N) is 3. The number of unbranched alkanes of at least 4 members (excludes halogenated alkanes) is 1. The molecule has 0 radical (unpaired) electrons. The molecule has 1 aromatic carbocycles. The lowest BCUT2D eigenvalue weighted by molar-refractivity contribution is 0.0685. The maximum absolute atomic E-state index is 12.5. The van der Waals surface area contributed by atoms with Crippen LogP contribution >= 0.6 is 0 Å². The van der Waals surface area contributed by atoms with Gasteiger partial charge in [0.25, 0.3) is 5.91 Å². The number of aromatic nitrogens is 1. The maximum Gasteiger partial charge on any atom is 0.255 e. The van der Waals surface area contributed by atoms with E-state index >= 15 is 0 Å². The summed E-state index contributed by atoms with van der Waals surface area (Å²) in [6, 6.07) is 12.5. The third-order valence-electron chi connectivity index (χ3n) is 6.05. The first-order chi connectivity index (χ1) is 13.3. The van der Waals surface area contributed by atoms with E-state index in [4.69, 9.17) is 0 Å². The molecule has 0 bridgehead atoms. The van der Waals surface area contributed by atoms with Crippen LogP contribution in [0.3, 0.4) is 0 Å². The van der Waals surface area contributed by atoms with Crippen LogP contribution in [0.5, 0.6) is 0 Å². The summed E-state index contributed by atoms with van der Waals surface area (Å²) in [5.74, 6) is 0.911. The first kappa shape index (κ1) is 18.2. The van der Waals surface area contributed by atoms with E-state index in [0.29, 0.717) is 5.56 Å². The van der Waals surface area contributed by atoms with Crippen molar-refractivity contribution in [3.8, 4) is 0 Å². The van der Waals surface area contributed by atoms with Gasteiger partial charge in [-0.3, -0.25) is 14.7 Å². The number of hydrogen-bond acceptors (Lipinski definition) is 3. The standard InChI is InChI=1S/C23H29N3O/c27-23(20-9-5-12-24-16-20)26-14-10-19(11-15-26)6-3-4-13-25-17-21-7-1-2-8-22(21)18-25/h1-2,5,7-9,12,16,19H,3-4,6,10-11,13-15,17-18H2. The largest absolute Gasteiger partial charge is 0.339 e. The topological polar surface area (TPSA) is 36.4 Å². The van der Waals surface area contributed by atoms with Crippen LogP contribution in [-0.2, 0) is 13.1 Å². The molecule has 0 atom stereocenters. The van der Waals surface area contributed by atoms with Crippen molar-refractivity contribution in [3.05, 3.63) is 65.5 Å². The van der Waals surface area contributed by atoms with Gasteiger partial charge in [-0.2, -0.15) is 0 Å². The molecule has 3 heterocycles. The summed E-state index contributed by atoms with van der Waals surface area (Å²) in [5, 5.41) is 0. The van der Waals surface area contributed by atoms with E-state index in [0.717, 1.165) is 44.9 Å². The van der Waals surface area contributed by atoms with Gasteiger partial charge >= 0.3 is 0 Å². The van der Waals surface area contributed by atoms with E-state index in [-0.39, 0.29) is 5.91 Å². The third-order valence-corrected chi connectivity index (χ3v) is 6.05. The van der Waals surface area contributed by atoms with Gasteiger partial charge in [0.15, 0.2) is 0 Å². The number of fused-ring (bicyclic) bond motifs is 1. The summed E-state index contributed by atoms with van der Waals surface area (Å²) in [6.45, 7) is 5.21. The van der Waals surface area contributed by atoms with Crippen molar-refractivity contribution in [3.63, 3.8) is 0 Å². The zero-order chi connectivity index (χ0) is 18.5. The number of carbonyl (C=O) groups is 1. The van der Waals surface area contributed by atoms with E-state index in [2.05, 4.69) is 34.1 Å². The minimum atomic E-state index is 0.134. The average molecular weight is 364 g/mol. The number of rotatable bonds is 6. The highest BCUT2D eigenvalue weighted by Crippen LogP contribution is 2.25. The SMILES string of the molecule is O=C(c1cccnc1)N1CCC(CCCCN2Cc3ccccc3C2)CC1. The Balaban J connectivity index is 1.13. The molecule has 27 heavy (non-hydrogen) atoms. The molecule has 4 heteroatoms. The monoisotopic (exact) mass is 363 g/mol. The molecule has 4 nitrogen and oxygen atoms in total. The molecular formula is C23H29N3O. The molecule has 1 saturated heterocycles. The second-order valence-corrected chi connectivity index (χ2v) is 7.95. The number of amides is 1.